The van der Waals surface area contributed by atoms with Crippen LogP contribution in [-0.2, 0) is 5.60 Å². The fourth-order valence-electron chi connectivity index (χ4n) is 3.46. The van der Waals surface area contributed by atoms with Gasteiger partial charge in [0.05, 0.1) is 10.6 Å². The van der Waals surface area contributed by atoms with Gasteiger partial charge in [0.1, 0.15) is 0 Å². The van der Waals surface area contributed by atoms with E-state index in [0.717, 1.165) is 18.3 Å². The fraction of sp³-hybridized carbons (Fsp3) is 0.182. The Morgan fingerprint density at radius 3 is 2.16 bits per heavy atom. The number of aromatic nitrogens is 1. The molecule has 0 fully saturated rings. The number of carbonyl (C=O) groups is 1. The van der Waals surface area contributed by atoms with Crippen molar-refractivity contribution < 1.29 is 28.2 Å². The molecule has 10 heteroatoms. The van der Waals surface area contributed by atoms with Gasteiger partial charge < -0.3 is 15.2 Å². The van der Waals surface area contributed by atoms with Gasteiger partial charge in [0.2, 0.25) is 5.56 Å². The van der Waals surface area contributed by atoms with E-state index in [1.54, 1.807) is 6.07 Å². The molecule has 0 saturated heterocycles. The zero-order valence-corrected chi connectivity index (χ0v) is 17.9. The number of halogens is 5. The Labute approximate surface area is 190 Å². The standard InChI is InChI=1S/C22H16Cl2F3NO4/c1-11(21(32,22(25,26)27)14-4-7-19(29)28-10-14)15-5-2-13(9-18(15)24)12-3-6-17(23)16(8-12)20(30)31/h2-11,32H,1H3,(H,28,29)(H,30,31)/t11-,21-/m0/s1. The molecule has 3 aromatic rings. The minimum absolute atomic E-state index is 0.00821. The van der Waals surface area contributed by atoms with Crippen molar-refractivity contribution in [3.05, 3.63) is 91.8 Å². The minimum atomic E-state index is -5.08. The summed E-state index contributed by atoms with van der Waals surface area (Å²) in [6.07, 6.45) is -4.27. The average molecular weight is 486 g/mol. The lowest BCUT2D eigenvalue weighted by Crippen LogP contribution is -2.46. The zero-order valence-electron chi connectivity index (χ0n) is 16.4. The molecule has 0 bridgehead atoms. The Morgan fingerprint density at radius 1 is 1.00 bits per heavy atom. The smallest absolute Gasteiger partial charge is 0.422 e. The van der Waals surface area contributed by atoms with Crippen LogP contribution < -0.4 is 5.56 Å². The van der Waals surface area contributed by atoms with Gasteiger partial charge in [-0.3, -0.25) is 4.79 Å². The number of carboxylic acid groups (broad SMARTS) is 1. The van der Waals surface area contributed by atoms with Gasteiger partial charge in [0, 0.05) is 28.8 Å². The van der Waals surface area contributed by atoms with Crippen molar-refractivity contribution in [3.63, 3.8) is 0 Å². The Morgan fingerprint density at radius 2 is 1.62 bits per heavy atom. The molecule has 0 aliphatic rings. The highest BCUT2D eigenvalue weighted by Gasteiger charge is 2.59. The van der Waals surface area contributed by atoms with Gasteiger partial charge in [-0.15, -0.1) is 0 Å². The Balaban J connectivity index is 2.08. The van der Waals surface area contributed by atoms with E-state index in [9.17, 15) is 33.0 Å². The molecule has 0 aliphatic carbocycles. The maximum absolute atomic E-state index is 14.0. The van der Waals surface area contributed by atoms with Gasteiger partial charge in [0.25, 0.3) is 0 Å². The molecule has 0 amide bonds. The molecule has 2 aromatic carbocycles. The first-order chi connectivity index (χ1) is 14.9. The van der Waals surface area contributed by atoms with E-state index < -0.39 is 34.8 Å². The summed E-state index contributed by atoms with van der Waals surface area (Å²) >= 11 is 12.2. The van der Waals surface area contributed by atoms with Crippen molar-refractivity contribution in [3.8, 4) is 11.1 Å². The third-order valence-electron chi connectivity index (χ3n) is 5.28. The lowest BCUT2D eigenvalue weighted by molar-refractivity contribution is -0.274. The molecule has 5 nitrogen and oxygen atoms in total. The molecular weight excluding hydrogens is 470 g/mol. The number of hydrogen-bond donors (Lipinski definition) is 3. The van der Waals surface area contributed by atoms with Gasteiger partial charge in [-0.25, -0.2) is 4.79 Å². The van der Waals surface area contributed by atoms with E-state index in [-0.39, 0.29) is 21.2 Å². The normalized spacial score (nSPS) is 14.6. The SMILES string of the molecule is C[C@@H](c1ccc(-c2ccc(Cl)c(C(=O)O)c2)cc1Cl)[C@](O)(c1ccc(=O)[nH]c1)C(F)(F)F. The number of benzene rings is 2. The van der Waals surface area contributed by atoms with Gasteiger partial charge in [-0.2, -0.15) is 13.2 Å². The predicted molar refractivity (Wildman–Crippen MR) is 114 cm³/mol. The van der Waals surface area contributed by atoms with E-state index in [1.165, 1.54) is 37.3 Å². The van der Waals surface area contributed by atoms with Crippen molar-refractivity contribution in [1.82, 2.24) is 4.98 Å². The van der Waals surface area contributed by atoms with E-state index in [2.05, 4.69) is 4.98 Å². The van der Waals surface area contributed by atoms with E-state index >= 15 is 0 Å². The second-order valence-corrected chi connectivity index (χ2v) is 7.98. The fourth-order valence-corrected chi connectivity index (χ4v) is 4.00. The molecule has 3 rings (SSSR count). The highest BCUT2D eigenvalue weighted by Crippen LogP contribution is 2.49. The molecule has 1 heterocycles. The summed E-state index contributed by atoms with van der Waals surface area (Å²) in [6.45, 7) is 1.17. The third kappa shape index (κ3) is 4.26. The number of aliphatic hydroxyl groups is 1. The predicted octanol–water partition coefficient (Wildman–Crippen LogP) is 5.60. The summed E-state index contributed by atoms with van der Waals surface area (Å²) in [7, 11) is 0. The molecule has 0 radical (unpaired) electrons. The maximum atomic E-state index is 14.0. The highest BCUT2D eigenvalue weighted by atomic mass is 35.5. The van der Waals surface area contributed by atoms with Crippen LogP contribution in [0.4, 0.5) is 13.2 Å². The van der Waals surface area contributed by atoms with Crippen molar-refractivity contribution in [2.24, 2.45) is 0 Å². The molecule has 2 atom stereocenters. The summed E-state index contributed by atoms with van der Waals surface area (Å²) < 4.78 is 42.0. The number of carboxylic acids is 1. The lowest BCUT2D eigenvalue weighted by Gasteiger charge is -2.36. The first-order valence-corrected chi connectivity index (χ1v) is 9.93. The highest BCUT2D eigenvalue weighted by molar-refractivity contribution is 6.33. The van der Waals surface area contributed by atoms with Crippen LogP contribution in [-0.4, -0.2) is 27.3 Å². The first-order valence-electron chi connectivity index (χ1n) is 9.17. The van der Waals surface area contributed by atoms with Gasteiger partial charge >= 0.3 is 12.1 Å². The first kappa shape index (κ1) is 23.8. The number of hydrogen-bond acceptors (Lipinski definition) is 3. The van der Waals surface area contributed by atoms with Crippen molar-refractivity contribution in [2.75, 3.05) is 0 Å². The van der Waals surface area contributed by atoms with Crippen LogP contribution in [0.1, 0.15) is 34.3 Å². The van der Waals surface area contributed by atoms with Crippen LogP contribution in [0.2, 0.25) is 10.0 Å². The average Bonchev–Trinajstić information content (AvgIpc) is 2.72. The van der Waals surface area contributed by atoms with Crippen LogP contribution in [0.3, 0.4) is 0 Å². The van der Waals surface area contributed by atoms with Crippen LogP contribution in [0.5, 0.6) is 0 Å². The number of nitrogens with one attached hydrogen (secondary N) is 1. The number of alkyl halides is 3. The number of rotatable bonds is 5. The van der Waals surface area contributed by atoms with Crippen molar-refractivity contribution >= 4 is 29.2 Å². The van der Waals surface area contributed by atoms with E-state index in [4.69, 9.17) is 23.2 Å². The number of H-pyrrole nitrogens is 1. The Kier molecular flexibility index (Phi) is 6.42. The van der Waals surface area contributed by atoms with Crippen LogP contribution in [0.15, 0.2) is 59.5 Å². The number of aromatic carboxylic acids is 1. The summed E-state index contributed by atoms with van der Waals surface area (Å²) in [5.74, 6) is -2.78. The zero-order chi connectivity index (χ0) is 23.8. The summed E-state index contributed by atoms with van der Waals surface area (Å²) in [5.41, 5.74) is -3.72. The second kappa shape index (κ2) is 8.61. The molecule has 0 unspecified atom stereocenters. The molecule has 0 spiro atoms. The summed E-state index contributed by atoms with van der Waals surface area (Å²) in [4.78, 5) is 24.7. The topological polar surface area (TPSA) is 90.4 Å². The van der Waals surface area contributed by atoms with Crippen molar-refractivity contribution in [1.29, 1.82) is 0 Å². The Hall–Kier alpha value is -2.81. The van der Waals surface area contributed by atoms with E-state index in [1.807, 2.05) is 0 Å². The molecule has 168 valence electrons. The minimum Gasteiger partial charge on any atom is -0.478 e. The third-order valence-corrected chi connectivity index (χ3v) is 5.94. The second-order valence-electron chi connectivity index (χ2n) is 7.16. The van der Waals surface area contributed by atoms with Crippen LogP contribution in [0, 0.1) is 0 Å². The monoisotopic (exact) mass is 485 g/mol. The van der Waals surface area contributed by atoms with Gasteiger partial charge in [-0.05, 0) is 41.0 Å². The van der Waals surface area contributed by atoms with Gasteiger partial charge in [0.15, 0.2) is 5.60 Å². The molecule has 32 heavy (non-hydrogen) atoms. The molecular formula is C22H16Cl2F3NO4. The molecule has 1 aromatic heterocycles. The number of aromatic amines is 1. The maximum Gasteiger partial charge on any atom is 0.422 e. The number of pyridine rings is 1. The lowest BCUT2D eigenvalue weighted by atomic mass is 9.78. The van der Waals surface area contributed by atoms with Crippen molar-refractivity contribution in [2.45, 2.75) is 24.6 Å². The van der Waals surface area contributed by atoms with Gasteiger partial charge in [-0.1, -0.05) is 48.3 Å². The molecule has 0 aliphatic heterocycles. The van der Waals surface area contributed by atoms with Crippen LogP contribution in [0.25, 0.3) is 11.1 Å². The van der Waals surface area contributed by atoms with E-state index in [0.29, 0.717) is 11.1 Å². The largest absolute Gasteiger partial charge is 0.478 e. The summed E-state index contributed by atoms with van der Waals surface area (Å²) in [6, 6.07) is 10.3. The molecule has 3 N–H and O–H groups in total. The summed E-state index contributed by atoms with van der Waals surface area (Å²) in [5, 5.41) is 20.0. The van der Waals surface area contributed by atoms with Crippen LogP contribution >= 0.6 is 23.2 Å². The quantitative estimate of drug-likeness (QED) is 0.438. The molecule has 0 saturated carbocycles. The Bertz CT molecular complexity index is 1220.